The molecule has 0 bridgehead atoms. The van der Waals surface area contributed by atoms with E-state index in [0.717, 1.165) is 41.1 Å². The molecule has 2 atom stereocenters. The monoisotopic (exact) mass is 418 g/mol. The lowest BCUT2D eigenvalue weighted by Crippen LogP contribution is -2.45. The first-order chi connectivity index (χ1) is 13.9. The number of hydrogen-bond donors (Lipinski definition) is 1. The Hall–Kier alpha value is -2.25. The molecule has 0 aliphatic carbocycles. The van der Waals surface area contributed by atoms with Crippen LogP contribution in [0.5, 0.6) is 0 Å². The molecule has 8 heteroatoms. The molecule has 3 heterocycles. The Morgan fingerprint density at radius 3 is 2.62 bits per heavy atom. The van der Waals surface area contributed by atoms with Crippen LogP contribution in [-0.4, -0.2) is 59.8 Å². The minimum absolute atomic E-state index is 0.222. The molecule has 3 rings (SSSR count). The Morgan fingerprint density at radius 2 is 2.07 bits per heavy atom. The maximum Gasteiger partial charge on any atom is 0.194 e. The van der Waals surface area contributed by atoms with E-state index < -0.39 is 0 Å². The summed E-state index contributed by atoms with van der Waals surface area (Å²) in [5.41, 5.74) is 2.24. The van der Waals surface area contributed by atoms with E-state index in [9.17, 15) is 0 Å². The van der Waals surface area contributed by atoms with Gasteiger partial charge in [0.15, 0.2) is 5.96 Å². The highest BCUT2D eigenvalue weighted by Gasteiger charge is 2.23. The summed E-state index contributed by atoms with van der Waals surface area (Å²) in [7, 11) is 5.80. The van der Waals surface area contributed by atoms with Gasteiger partial charge >= 0.3 is 0 Å². The normalized spacial score (nSPS) is 20.1. The molecule has 2 aromatic heterocycles. The predicted octanol–water partition coefficient (Wildman–Crippen LogP) is 2.89. The number of guanidine groups is 1. The van der Waals surface area contributed by atoms with Gasteiger partial charge in [0.25, 0.3) is 0 Å². The van der Waals surface area contributed by atoms with E-state index in [1.54, 1.807) is 7.05 Å². The van der Waals surface area contributed by atoms with Gasteiger partial charge in [0.05, 0.1) is 23.8 Å². The van der Waals surface area contributed by atoms with Gasteiger partial charge in [0.2, 0.25) is 0 Å². The summed E-state index contributed by atoms with van der Waals surface area (Å²) in [5, 5.41) is 4.15. The average Bonchev–Trinajstić information content (AvgIpc) is 2.98. The molecular weight excluding hydrogens is 388 g/mol. The summed E-state index contributed by atoms with van der Waals surface area (Å²) in [5.74, 6) is 1.82. The number of pyridine rings is 1. The average molecular weight is 419 g/mol. The van der Waals surface area contributed by atoms with Crippen LogP contribution in [0.3, 0.4) is 0 Å². The van der Waals surface area contributed by atoms with E-state index >= 15 is 0 Å². The number of aromatic nitrogens is 2. The standard InChI is InChI=1S/C21H31ClN6O/c1-15-11-28(12-16(2)29-15)20-7-6-17(9-24-20)10-25-21(23-3)27(5)14-19-8-18(22)13-26(19)4/h6-9,13,15-16H,10-12,14H2,1-5H3,(H,23,25). The molecule has 1 aliphatic heterocycles. The minimum atomic E-state index is 0.222. The fourth-order valence-electron chi connectivity index (χ4n) is 3.68. The van der Waals surface area contributed by atoms with Crippen LogP contribution in [0, 0.1) is 0 Å². The Bertz CT molecular complexity index is 824. The van der Waals surface area contributed by atoms with Crippen molar-refractivity contribution < 1.29 is 4.74 Å². The van der Waals surface area contributed by atoms with Gasteiger partial charge in [0.1, 0.15) is 5.82 Å². The number of nitrogens with one attached hydrogen (secondary N) is 1. The summed E-state index contributed by atoms with van der Waals surface area (Å²) < 4.78 is 7.84. The zero-order valence-electron chi connectivity index (χ0n) is 17.9. The second-order valence-electron chi connectivity index (χ2n) is 7.70. The molecule has 2 unspecified atom stereocenters. The molecule has 1 fully saturated rings. The van der Waals surface area contributed by atoms with Crippen molar-refractivity contribution in [2.24, 2.45) is 12.0 Å². The highest BCUT2D eigenvalue weighted by atomic mass is 35.5. The van der Waals surface area contributed by atoms with E-state index in [0.29, 0.717) is 13.1 Å². The van der Waals surface area contributed by atoms with Crippen LogP contribution in [0.2, 0.25) is 5.02 Å². The van der Waals surface area contributed by atoms with Crippen molar-refractivity contribution in [1.82, 2.24) is 19.8 Å². The topological polar surface area (TPSA) is 57.9 Å². The third-order valence-electron chi connectivity index (χ3n) is 5.05. The highest BCUT2D eigenvalue weighted by molar-refractivity contribution is 6.30. The number of ether oxygens (including phenoxy) is 1. The lowest BCUT2D eigenvalue weighted by Gasteiger charge is -2.36. The van der Waals surface area contributed by atoms with Crippen LogP contribution < -0.4 is 10.2 Å². The molecule has 0 aromatic carbocycles. The van der Waals surface area contributed by atoms with Crippen molar-refractivity contribution >= 4 is 23.4 Å². The van der Waals surface area contributed by atoms with Crippen LogP contribution in [0.4, 0.5) is 5.82 Å². The summed E-state index contributed by atoms with van der Waals surface area (Å²) in [6, 6.07) is 6.17. The number of anilines is 1. The van der Waals surface area contributed by atoms with Crippen molar-refractivity contribution in [2.45, 2.75) is 39.1 Å². The molecule has 2 aromatic rings. The zero-order chi connectivity index (χ0) is 21.0. The van der Waals surface area contributed by atoms with Crippen molar-refractivity contribution in [3.8, 4) is 0 Å². The van der Waals surface area contributed by atoms with Gasteiger partial charge in [-0.1, -0.05) is 17.7 Å². The molecule has 1 aliphatic rings. The number of aryl methyl sites for hydroxylation is 1. The maximum atomic E-state index is 6.09. The Balaban J connectivity index is 1.56. The number of aliphatic imine (C=N–C) groups is 1. The van der Waals surface area contributed by atoms with E-state index in [-0.39, 0.29) is 12.2 Å². The van der Waals surface area contributed by atoms with Crippen LogP contribution in [0.25, 0.3) is 0 Å². The molecule has 0 spiro atoms. The first-order valence-electron chi connectivity index (χ1n) is 9.93. The van der Waals surface area contributed by atoms with E-state index in [1.807, 2.05) is 37.1 Å². The summed E-state index contributed by atoms with van der Waals surface area (Å²) in [6.07, 6.45) is 4.28. The number of hydrogen-bond acceptors (Lipinski definition) is 4. The number of morpholine rings is 1. The van der Waals surface area contributed by atoms with Gasteiger partial charge in [-0.05, 0) is 31.5 Å². The molecule has 158 valence electrons. The molecule has 0 saturated carbocycles. The lowest BCUT2D eigenvalue weighted by molar-refractivity contribution is -0.00545. The Labute approximate surface area is 178 Å². The number of rotatable bonds is 5. The second-order valence-corrected chi connectivity index (χ2v) is 8.14. The minimum Gasteiger partial charge on any atom is -0.372 e. The van der Waals surface area contributed by atoms with Gasteiger partial charge in [-0.3, -0.25) is 4.99 Å². The molecular formula is C21H31ClN6O. The third-order valence-corrected chi connectivity index (χ3v) is 5.26. The van der Waals surface area contributed by atoms with Crippen LogP contribution >= 0.6 is 11.6 Å². The first kappa shape index (κ1) is 21.5. The fraction of sp³-hybridized carbons (Fsp3) is 0.524. The van der Waals surface area contributed by atoms with E-state index in [4.69, 9.17) is 16.3 Å². The summed E-state index contributed by atoms with van der Waals surface area (Å²) in [4.78, 5) is 13.4. The third kappa shape index (κ3) is 5.64. The first-order valence-corrected chi connectivity index (χ1v) is 10.3. The van der Waals surface area contributed by atoms with Gasteiger partial charge in [-0.25, -0.2) is 4.98 Å². The van der Waals surface area contributed by atoms with Crippen LogP contribution in [-0.2, 0) is 24.9 Å². The molecule has 0 amide bonds. The van der Waals surface area contributed by atoms with Crippen molar-refractivity contribution in [2.75, 3.05) is 32.1 Å². The van der Waals surface area contributed by atoms with Crippen molar-refractivity contribution in [3.05, 3.63) is 46.9 Å². The van der Waals surface area contributed by atoms with Gasteiger partial charge < -0.3 is 24.4 Å². The smallest absolute Gasteiger partial charge is 0.194 e. The molecule has 7 nitrogen and oxygen atoms in total. The quantitative estimate of drug-likeness (QED) is 0.597. The largest absolute Gasteiger partial charge is 0.372 e. The van der Waals surface area contributed by atoms with E-state index in [1.165, 1.54) is 0 Å². The van der Waals surface area contributed by atoms with Crippen molar-refractivity contribution in [3.63, 3.8) is 0 Å². The fourth-order valence-corrected chi connectivity index (χ4v) is 3.95. The van der Waals surface area contributed by atoms with Crippen LogP contribution in [0.15, 0.2) is 35.6 Å². The number of halogens is 1. The van der Waals surface area contributed by atoms with Crippen molar-refractivity contribution in [1.29, 1.82) is 0 Å². The maximum absolute atomic E-state index is 6.09. The zero-order valence-corrected chi connectivity index (χ0v) is 18.6. The predicted molar refractivity (Wildman–Crippen MR) is 119 cm³/mol. The van der Waals surface area contributed by atoms with Gasteiger partial charge in [-0.2, -0.15) is 0 Å². The van der Waals surface area contributed by atoms with E-state index in [2.05, 4.69) is 51.1 Å². The molecule has 29 heavy (non-hydrogen) atoms. The Morgan fingerprint density at radius 1 is 1.34 bits per heavy atom. The summed E-state index contributed by atoms with van der Waals surface area (Å²) >= 11 is 6.09. The molecule has 1 N–H and O–H groups in total. The van der Waals surface area contributed by atoms with Gasteiger partial charge in [-0.15, -0.1) is 0 Å². The summed E-state index contributed by atoms with van der Waals surface area (Å²) in [6.45, 7) is 7.32. The second kappa shape index (κ2) is 9.50. The van der Waals surface area contributed by atoms with Crippen LogP contribution in [0.1, 0.15) is 25.1 Å². The SMILES string of the molecule is CN=C(NCc1ccc(N2CC(C)OC(C)C2)nc1)N(C)Cc1cc(Cl)cn1C. The lowest BCUT2D eigenvalue weighted by atomic mass is 10.2. The molecule has 1 saturated heterocycles. The Kier molecular flexibility index (Phi) is 7.03. The van der Waals surface area contributed by atoms with Gasteiger partial charge in [0, 0.05) is 58.9 Å². The molecule has 0 radical (unpaired) electrons. The highest BCUT2D eigenvalue weighted by Crippen LogP contribution is 2.18. The number of nitrogens with zero attached hydrogens (tertiary/aromatic N) is 5.